The fourth-order valence-electron chi connectivity index (χ4n) is 2.93. The van der Waals surface area contributed by atoms with E-state index in [0.717, 1.165) is 32.1 Å². The Balaban J connectivity index is 2.20. The molecule has 17 heavy (non-hydrogen) atoms. The molecule has 0 radical (unpaired) electrons. The number of carbonyl (C=O) groups is 2. The van der Waals surface area contributed by atoms with Crippen LogP contribution in [0.1, 0.15) is 52.4 Å². The second-order valence-corrected chi connectivity index (χ2v) is 5.48. The van der Waals surface area contributed by atoms with Gasteiger partial charge in [0.05, 0.1) is 0 Å². The van der Waals surface area contributed by atoms with E-state index in [-0.39, 0.29) is 11.9 Å². The Bertz CT molecular complexity index is 321. The zero-order chi connectivity index (χ0) is 12.5. The van der Waals surface area contributed by atoms with Crippen molar-refractivity contribution in [2.24, 2.45) is 5.92 Å². The Morgan fingerprint density at radius 2 is 1.94 bits per heavy atom. The van der Waals surface area contributed by atoms with Crippen molar-refractivity contribution < 1.29 is 9.59 Å². The van der Waals surface area contributed by atoms with Gasteiger partial charge in [-0.2, -0.15) is 0 Å². The molecule has 0 aromatic heterocycles. The fourth-order valence-corrected chi connectivity index (χ4v) is 2.93. The molecule has 1 N–H and O–H groups in total. The number of imide groups is 1. The maximum atomic E-state index is 12.1. The zero-order valence-electron chi connectivity index (χ0n) is 10.8. The molecular weight excluding hydrogens is 216 g/mol. The van der Waals surface area contributed by atoms with E-state index < -0.39 is 5.54 Å². The van der Waals surface area contributed by atoms with Gasteiger partial charge in [-0.3, -0.25) is 10.1 Å². The molecule has 3 amide bonds. The molecule has 0 aromatic rings. The normalized spacial score (nSPS) is 25.2. The van der Waals surface area contributed by atoms with Crippen LogP contribution < -0.4 is 5.32 Å². The first-order valence-corrected chi connectivity index (χ1v) is 6.73. The van der Waals surface area contributed by atoms with E-state index >= 15 is 0 Å². The Labute approximate surface area is 103 Å². The highest BCUT2D eigenvalue weighted by Gasteiger charge is 2.52. The summed E-state index contributed by atoms with van der Waals surface area (Å²) in [6.07, 6.45) is 5.99. The number of nitrogens with zero attached hydrogens (tertiary/aromatic N) is 1. The summed E-state index contributed by atoms with van der Waals surface area (Å²) < 4.78 is 0. The standard InChI is InChI=1S/C13H22N2O2/c1-3-10(2)9-15-12(17)14-11(16)13(15)7-5-4-6-8-13/h10H,3-9H2,1-2H3,(H,14,16,17). The molecule has 4 heteroatoms. The maximum Gasteiger partial charge on any atom is 0.325 e. The quantitative estimate of drug-likeness (QED) is 0.767. The van der Waals surface area contributed by atoms with Crippen LogP contribution in [0.3, 0.4) is 0 Å². The van der Waals surface area contributed by atoms with E-state index in [0.29, 0.717) is 12.5 Å². The van der Waals surface area contributed by atoms with Crippen molar-refractivity contribution >= 4 is 11.9 Å². The summed E-state index contributed by atoms with van der Waals surface area (Å²) in [5, 5.41) is 2.50. The lowest BCUT2D eigenvalue weighted by molar-refractivity contribution is -0.128. The second-order valence-electron chi connectivity index (χ2n) is 5.48. The van der Waals surface area contributed by atoms with Crippen molar-refractivity contribution in [3.8, 4) is 0 Å². The summed E-state index contributed by atoms with van der Waals surface area (Å²) in [6, 6.07) is -0.183. The topological polar surface area (TPSA) is 49.4 Å². The molecule has 1 aliphatic heterocycles. The average Bonchev–Trinajstić information content (AvgIpc) is 2.55. The van der Waals surface area contributed by atoms with Crippen LogP contribution in [0.2, 0.25) is 0 Å². The molecule has 2 rings (SSSR count). The second kappa shape index (κ2) is 4.67. The number of carbonyl (C=O) groups excluding carboxylic acids is 2. The van der Waals surface area contributed by atoms with Gasteiger partial charge in [0, 0.05) is 6.54 Å². The van der Waals surface area contributed by atoms with Crippen LogP contribution in [0.4, 0.5) is 4.79 Å². The van der Waals surface area contributed by atoms with Gasteiger partial charge < -0.3 is 4.90 Å². The summed E-state index contributed by atoms with van der Waals surface area (Å²) in [5.41, 5.74) is -0.515. The summed E-state index contributed by atoms with van der Waals surface area (Å²) in [6.45, 7) is 4.95. The molecule has 1 aliphatic carbocycles. The Morgan fingerprint density at radius 3 is 2.53 bits per heavy atom. The zero-order valence-corrected chi connectivity index (χ0v) is 10.8. The number of hydrogen-bond acceptors (Lipinski definition) is 2. The minimum Gasteiger partial charge on any atom is -0.309 e. The number of nitrogens with one attached hydrogen (secondary N) is 1. The molecule has 0 aromatic carbocycles. The molecule has 4 nitrogen and oxygen atoms in total. The van der Waals surface area contributed by atoms with Crippen molar-refractivity contribution in [1.29, 1.82) is 0 Å². The molecule has 1 heterocycles. The third-order valence-electron chi connectivity index (χ3n) is 4.28. The van der Waals surface area contributed by atoms with Gasteiger partial charge in [-0.25, -0.2) is 4.79 Å². The van der Waals surface area contributed by atoms with Crippen LogP contribution in [-0.4, -0.2) is 28.9 Å². The number of urea groups is 1. The fraction of sp³-hybridized carbons (Fsp3) is 0.846. The van der Waals surface area contributed by atoms with Crippen LogP contribution in [-0.2, 0) is 4.79 Å². The van der Waals surface area contributed by atoms with Crippen molar-refractivity contribution in [3.05, 3.63) is 0 Å². The lowest BCUT2D eigenvalue weighted by Gasteiger charge is -2.39. The first kappa shape index (κ1) is 12.4. The summed E-state index contributed by atoms with van der Waals surface area (Å²) in [4.78, 5) is 25.8. The molecule has 2 fully saturated rings. The monoisotopic (exact) mass is 238 g/mol. The Hall–Kier alpha value is -1.06. The highest BCUT2D eigenvalue weighted by molar-refractivity contribution is 6.07. The summed E-state index contributed by atoms with van der Waals surface area (Å²) in [7, 11) is 0. The summed E-state index contributed by atoms with van der Waals surface area (Å²) >= 11 is 0. The number of amides is 3. The minimum absolute atomic E-state index is 0.0643. The van der Waals surface area contributed by atoms with Crippen molar-refractivity contribution in [3.63, 3.8) is 0 Å². The molecule has 1 saturated carbocycles. The molecule has 2 aliphatic rings. The van der Waals surface area contributed by atoms with Crippen LogP contribution in [0, 0.1) is 5.92 Å². The largest absolute Gasteiger partial charge is 0.325 e. The van der Waals surface area contributed by atoms with Gasteiger partial charge in [-0.05, 0) is 18.8 Å². The first-order valence-electron chi connectivity index (χ1n) is 6.73. The van der Waals surface area contributed by atoms with E-state index in [9.17, 15) is 9.59 Å². The molecule has 1 spiro atoms. The van der Waals surface area contributed by atoms with Gasteiger partial charge in [0.1, 0.15) is 5.54 Å². The van der Waals surface area contributed by atoms with Crippen molar-refractivity contribution in [2.75, 3.05) is 6.54 Å². The van der Waals surface area contributed by atoms with Gasteiger partial charge in [0.2, 0.25) is 0 Å². The third-order valence-corrected chi connectivity index (χ3v) is 4.28. The summed E-state index contributed by atoms with van der Waals surface area (Å²) in [5.74, 6) is 0.385. The van der Waals surface area contributed by atoms with E-state index in [1.54, 1.807) is 0 Å². The van der Waals surface area contributed by atoms with Crippen LogP contribution >= 0.6 is 0 Å². The first-order chi connectivity index (χ1) is 8.10. The van der Waals surface area contributed by atoms with Gasteiger partial charge in [-0.15, -0.1) is 0 Å². The maximum absolute atomic E-state index is 12.1. The number of rotatable bonds is 3. The molecule has 1 saturated heterocycles. The molecular formula is C13H22N2O2. The van der Waals surface area contributed by atoms with Gasteiger partial charge in [0.15, 0.2) is 0 Å². The van der Waals surface area contributed by atoms with Crippen LogP contribution in [0.15, 0.2) is 0 Å². The molecule has 1 atom stereocenters. The molecule has 1 unspecified atom stereocenters. The molecule has 0 bridgehead atoms. The average molecular weight is 238 g/mol. The predicted molar refractivity (Wildman–Crippen MR) is 65.5 cm³/mol. The lowest BCUT2D eigenvalue weighted by Crippen LogP contribution is -2.52. The van der Waals surface area contributed by atoms with Crippen LogP contribution in [0.5, 0.6) is 0 Å². The highest BCUT2D eigenvalue weighted by atomic mass is 16.2. The lowest BCUT2D eigenvalue weighted by atomic mass is 9.80. The SMILES string of the molecule is CCC(C)CN1C(=O)NC(=O)C12CCCCC2. The van der Waals surface area contributed by atoms with Crippen molar-refractivity contribution in [2.45, 2.75) is 57.9 Å². The van der Waals surface area contributed by atoms with Gasteiger partial charge in [0.25, 0.3) is 5.91 Å². The van der Waals surface area contributed by atoms with E-state index in [1.807, 2.05) is 4.90 Å². The minimum atomic E-state index is -0.515. The smallest absolute Gasteiger partial charge is 0.309 e. The Kier molecular flexibility index (Phi) is 3.40. The van der Waals surface area contributed by atoms with Gasteiger partial charge >= 0.3 is 6.03 Å². The Morgan fingerprint density at radius 1 is 1.29 bits per heavy atom. The van der Waals surface area contributed by atoms with E-state index in [1.165, 1.54) is 6.42 Å². The molecule has 96 valence electrons. The van der Waals surface area contributed by atoms with E-state index in [4.69, 9.17) is 0 Å². The third kappa shape index (κ3) is 2.05. The van der Waals surface area contributed by atoms with Crippen molar-refractivity contribution in [1.82, 2.24) is 10.2 Å². The van der Waals surface area contributed by atoms with Gasteiger partial charge in [-0.1, -0.05) is 39.5 Å². The van der Waals surface area contributed by atoms with E-state index in [2.05, 4.69) is 19.2 Å². The predicted octanol–water partition coefficient (Wildman–Crippen LogP) is 2.29. The highest BCUT2D eigenvalue weighted by Crippen LogP contribution is 2.37. The van der Waals surface area contributed by atoms with Crippen LogP contribution in [0.25, 0.3) is 0 Å². The number of hydrogen-bond donors (Lipinski definition) is 1.